The van der Waals surface area contributed by atoms with Crippen LogP contribution in [-0.4, -0.2) is 29.7 Å². The molecule has 100 valence electrons. The third kappa shape index (κ3) is 4.47. The highest BCUT2D eigenvalue weighted by Gasteiger charge is 2.20. The van der Waals surface area contributed by atoms with E-state index in [1.807, 2.05) is 37.3 Å². The fourth-order valence-corrected chi connectivity index (χ4v) is 1.99. The molecular formula is C14H22N2O2. The first-order valence-electron chi connectivity index (χ1n) is 6.28. The van der Waals surface area contributed by atoms with Crippen LogP contribution in [0.1, 0.15) is 31.7 Å². The van der Waals surface area contributed by atoms with Crippen molar-refractivity contribution in [2.75, 3.05) is 6.54 Å². The molecule has 0 heterocycles. The van der Waals surface area contributed by atoms with E-state index in [1.54, 1.807) is 6.92 Å². The van der Waals surface area contributed by atoms with Gasteiger partial charge in [-0.05, 0) is 25.8 Å². The standard InChI is InChI=1S/C14H22N2O2/c1-10(8-11(2)17)16-14(18)13(9-15)12-6-4-3-5-7-12/h3-7,10-11,13,17H,8-9,15H2,1-2H3,(H,16,18). The zero-order valence-corrected chi connectivity index (χ0v) is 11.0. The van der Waals surface area contributed by atoms with Crippen LogP contribution in [0.5, 0.6) is 0 Å². The molecule has 0 radical (unpaired) electrons. The highest BCUT2D eigenvalue weighted by atomic mass is 16.3. The Labute approximate surface area is 108 Å². The summed E-state index contributed by atoms with van der Waals surface area (Å²) >= 11 is 0. The number of amides is 1. The molecule has 0 aromatic heterocycles. The molecule has 4 heteroatoms. The Kier molecular flexibility index (Phi) is 5.82. The Morgan fingerprint density at radius 2 is 1.94 bits per heavy atom. The molecule has 0 aliphatic heterocycles. The van der Waals surface area contributed by atoms with Crippen molar-refractivity contribution < 1.29 is 9.90 Å². The van der Waals surface area contributed by atoms with Crippen molar-refractivity contribution in [2.24, 2.45) is 5.73 Å². The van der Waals surface area contributed by atoms with E-state index in [2.05, 4.69) is 5.32 Å². The van der Waals surface area contributed by atoms with Gasteiger partial charge < -0.3 is 16.2 Å². The number of hydrogen-bond acceptors (Lipinski definition) is 3. The molecule has 0 aliphatic rings. The maximum Gasteiger partial charge on any atom is 0.229 e. The van der Waals surface area contributed by atoms with Gasteiger partial charge in [0.2, 0.25) is 5.91 Å². The Balaban J connectivity index is 2.63. The monoisotopic (exact) mass is 250 g/mol. The zero-order valence-electron chi connectivity index (χ0n) is 11.0. The maximum atomic E-state index is 12.1. The number of nitrogens with two attached hydrogens (primary N) is 1. The molecule has 1 aromatic rings. The Hall–Kier alpha value is -1.39. The number of aliphatic hydroxyl groups excluding tert-OH is 1. The molecule has 18 heavy (non-hydrogen) atoms. The third-order valence-electron chi connectivity index (χ3n) is 2.84. The van der Waals surface area contributed by atoms with Crippen LogP contribution in [0.15, 0.2) is 30.3 Å². The van der Waals surface area contributed by atoms with Gasteiger partial charge in [0.1, 0.15) is 0 Å². The van der Waals surface area contributed by atoms with Crippen molar-refractivity contribution in [2.45, 2.75) is 38.3 Å². The van der Waals surface area contributed by atoms with E-state index >= 15 is 0 Å². The molecule has 0 spiro atoms. The second-order valence-corrected chi connectivity index (χ2v) is 4.69. The van der Waals surface area contributed by atoms with Gasteiger partial charge in [0.25, 0.3) is 0 Å². The molecule has 3 unspecified atom stereocenters. The Morgan fingerprint density at radius 3 is 2.44 bits per heavy atom. The quantitative estimate of drug-likeness (QED) is 0.705. The first kappa shape index (κ1) is 14.7. The fourth-order valence-electron chi connectivity index (χ4n) is 1.99. The van der Waals surface area contributed by atoms with Crippen LogP contribution < -0.4 is 11.1 Å². The van der Waals surface area contributed by atoms with Crippen LogP contribution in [-0.2, 0) is 4.79 Å². The summed E-state index contributed by atoms with van der Waals surface area (Å²) in [6.07, 6.45) is 0.117. The number of carbonyl (C=O) groups is 1. The lowest BCUT2D eigenvalue weighted by Crippen LogP contribution is -2.40. The van der Waals surface area contributed by atoms with E-state index in [0.717, 1.165) is 5.56 Å². The van der Waals surface area contributed by atoms with Gasteiger partial charge in [-0.15, -0.1) is 0 Å². The van der Waals surface area contributed by atoms with Gasteiger partial charge in [-0.25, -0.2) is 0 Å². The number of aliphatic hydroxyl groups is 1. The van der Waals surface area contributed by atoms with Crippen molar-refractivity contribution in [3.05, 3.63) is 35.9 Å². The van der Waals surface area contributed by atoms with Gasteiger partial charge in [-0.1, -0.05) is 30.3 Å². The molecule has 0 saturated carbocycles. The number of rotatable bonds is 6. The van der Waals surface area contributed by atoms with Crippen molar-refractivity contribution in [3.63, 3.8) is 0 Å². The summed E-state index contributed by atoms with van der Waals surface area (Å²) in [4.78, 5) is 12.1. The molecule has 0 saturated heterocycles. The van der Waals surface area contributed by atoms with Gasteiger partial charge in [-0.2, -0.15) is 0 Å². The molecule has 0 aliphatic carbocycles. The van der Waals surface area contributed by atoms with Crippen LogP contribution in [0.3, 0.4) is 0 Å². The molecule has 4 N–H and O–H groups in total. The van der Waals surface area contributed by atoms with Crippen molar-refractivity contribution in [1.29, 1.82) is 0 Å². The first-order chi connectivity index (χ1) is 8.54. The topological polar surface area (TPSA) is 75.3 Å². The SMILES string of the molecule is CC(O)CC(C)NC(=O)C(CN)c1ccccc1. The largest absolute Gasteiger partial charge is 0.393 e. The predicted molar refractivity (Wildman–Crippen MR) is 72.1 cm³/mol. The summed E-state index contributed by atoms with van der Waals surface area (Å²) in [7, 11) is 0. The van der Waals surface area contributed by atoms with Crippen molar-refractivity contribution >= 4 is 5.91 Å². The van der Waals surface area contributed by atoms with Crippen LogP contribution in [0.4, 0.5) is 0 Å². The molecule has 0 fully saturated rings. The molecule has 3 atom stereocenters. The summed E-state index contributed by atoms with van der Waals surface area (Å²) in [5.74, 6) is -0.417. The fraction of sp³-hybridized carbons (Fsp3) is 0.500. The molecule has 1 rings (SSSR count). The van der Waals surface area contributed by atoms with Crippen molar-refractivity contribution in [1.82, 2.24) is 5.32 Å². The minimum absolute atomic E-state index is 0.0599. The highest BCUT2D eigenvalue weighted by molar-refractivity contribution is 5.84. The average molecular weight is 250 g/mol. The summed E-state index contributed by atoms with van der Waals surface area (Å²) in [6, 6.07) is 9.43. The van der Waals surface area contributed by atoms with Gasteiger partial charge in [0.15, 0.2) is 0 Å². The highest BCUT2D eigenvalue weighted by Crippen LogP contribution is 2.14. The van der Waals surface area contributed by atoms with Gasteiger partial charge in [0, 0.05) is 12.6 Å². The number of benzene rings is 1. The molecule has 4 nitrogen and oxygen atoms in total. The molecule has 0 bridgehead atoms. The van der Waals surface area contributed by atoms with E-state index in [-0.39, 0.29) is 24.4 Å². The van der Waals surface area contributed by atoms with Gasteiger partial charge >= 0.3 is 0 Å². The first-order valence-corrected chi connectivity index (χ1v) is 6.28. The smallest absolute Gasteiger partial charge is 0.229 e. The van der Waals surface area contributed by atoms with Crippen LogP contribution in [0.25, 0.3) is 0 Å². The predicted octanol–water partition coefficient (Wildman–Crippen LogP) is 1.00. The lowest BCUT2D eigenvalue weighted by atomic mass is 9.98. The summed E-state index contributed by atoms with van der Waals surface area (Å²) in [5.41, 5.74) is 6.59. The Morgan fingerprint density at radius 1 is 1.33 bits per heavy atom. The number of hydrogen-bond donors (Lipinski definition) is 3. The minimum atomic E-state index is -0.423. The third-order valence-corrected chi connectivity index (χ3v) is 2.84. The lowest BCUT2D eigenvalue weighted by molar-refractivity contribution is -0.123. The van der Waals surface area contributed by atoms with Crippen LogP contribution >= 0.6 is 0 Å². The summed E-state index contributed by atoms with van der Waals surface area (Å²) in [5, 5.41) is 12.2. The van der Waals surface area contributed by atoms with E-state index < -0.39 is 6.10 Å². The number of carbonyl (C=O) groups excluding carboxylic acids is 1. The maximum absolute atomic E-state index is 12.1. The normalized spacial score (nSPS) is 15.8. The molecular weight excluding hydrogens is 228 g/mol. The Bertz CT molecular complexity index is 365. The van der Waals surface area contributed by atoms with Gasteiger partial charge in [0.05, 0.1) is 12.0 Å². The minimum Gasteiger partial charge on any atom is -0.393 e. The number of nitrogens with one attached hydrogen (secondary N) is 1. The van der Waals surface area contributed by atoms with E-state index in [9.17, 15) is 9.90 Å². The lowest BCUT2D eigenvalue weighted by Gasteiger charge is -2.20. The van der Waals surface area contributed by atoms with Crippen molar-refractivity contribution in [3.8, 4) is 0 Å². The van der Waals surface area contributed by atoms with E-state index in [1.165, 1.54) is 0 Å². The summed E-state index contributed by atoms with van der Waals surface area (Å²) in [6.45, 7) is 3.86. The van der Waals surface area contributed by atoms with E-state index in [4.69, 9.17) is 5.73 Å². The molecule has 1 amide bonds. The summed E-state index contributed by atoms with van der Waals surface area (Å²) < 4.78 is 0. The van der Waals surface area contributed by atoms with E-state index in [0.29, 0.717) is 6.42 Å². The van der Waals surface area contributed by atoms with Crippen LogP contribution in [0, 0.1) is 0 Å². The van der Waals surface area contributed by atoms with Gasteiger partial charge in [-0.3, -0.25) is 4.79 Å². The molecule has 1 aromatic carbocycles. The second kappa shape index (κ2) is 7.13. The second-order valence-electron chi connectivity index (χ2n) is 4.69. The zero-order chi connectivity index (χ0) is 13.5. The van der Waals surface area contributed by atoms with Crippen LogP contribution in [0.2, 0.25) is 0 Å². The average Bonchev–Trinajstić information content (AvgIpc) is 2.29.